The quantitative estimate of drug-likeness (QED) is 0.677. The SMILES string of the molecule is COc1ccc2ncc(-c3ccsc3)cc2c1. The molecule has 0 radical (unpaired) electrons. The highest BCUT2D eigenvalue weighted by Gasteiger charge is 2.02. The van der Waals surface area contributed by atoms with Crippen molar-refractivity contribution >= 4 is 22.2 Å². The third-order valence-corrected chi connectivity index (χ3v) is 3.43. The molecule has 3 heteroatoms. The largest absolute Gasteiger partial charge is 0.497 e. The summed E-state index contributed by atoms with van der Waals surface area (Å²) in [6.45, 7) is 0. The molecule has 0 atom stereocenters. The van der Waals surface area contributed by atoms with Crippen LogP contribution in [0.4, 0.5) is 0 Å². The van der Waals surface area contributed by atoms with E-state index in [2.05, 4.69) is 27.9 Å². The second-order valence-corrected chi connectivity index (χ2v) is 4.57. The topological polar surface area (TPSA) is 22.1 Å². The number of methoxy groups -OCH3 is 1. The molecule has 0 aliphatic carbocycles. The van der Waals surface area contributed by atoms with Crippen molar-refractivity contribution in [2.75, 3.05) is 7.11 Å². The summed E-state index contributed by atoms with van der Waals surface area (Å²) >= 11 is 1.70. The second-order valence-electron chi connectivity index (χ2n) is 3.79. The molecule has 3 rings (SSSR count). The maximum Gasteiger partial charge on any atom is 0.119 e. The first-order chi connectivity index (χ1) is 8.36. The molecule has 0 aliphatic rings. The Morgan fingerprint density at radius 1 is 1.12 bits per heavy atom. The normalized spacial score (nSPS) is 10.6. The minimum Gasteiger partial charge on any atom is -0.497 e. The van der Waals surface area contributed by atoms with E-state index in [0.717, 1.165) is 22.2 Å². The Morgan fingerprint density at radius 3 is 2.82 bits per heavy atom. The number of ether oxygens (including phenoxy) is 1. The van der Waals surface area contributed by atoms with Gasteiger partial charge in [-0.25, -0.2) is 0 Å². The van der Waals surface area contributed by atoms with Crippen LogP contribution >= 0.6 is 11.3 Å². The van der Waals surface area contributed by atoms with Crippen LogP contribution in [0.5, 0.6) is 5.75 Å². The van der Waals surface area contributed by atoms with E-state index < -0.39 is 0 Å². The van der Waals surface area contributed by atoms with E-state index in [-0.39, 0.29) is 0 Å². The Labute approximate surface area is 104 Å². The number of hydrogen-bond donors (Lipinski definition) is 0. The number of fused-ring (bicyclic) bond motifs is 1. The average molecular weight is 241 g/mol. The van der Waals surface area contributed by atoms with Gasteiger partial charge in [-0.2, -0.15) is 11.3 Å². The number of benzene rings is 1. The van der Waals surface area contributed by atoms with Gasteiger partial charge in [0, 0.05) is 17.1 Å². The zero-order chi connectivity index (χ0) is 11.7. The van der Waals surface area contributed by atoms with E-state index in [4.69, 9.17) is 4.74 Å². The minimum absolute atomic E-state index is 0.863. The standard InChI is InChI=1S/C14H11NOS/c1-16-13-2-3-14-11(7-13)6-12(8-15-14)10-4-5-17-9-10/h2-9H,1H3. The molecule has 0 saturated heterocycles. The molecule has 0 saturated carbocycles. The molecule has 1 aromatic carbocycles. The monoisotopic (exact) mass is 241 g/mol. The number of hydrogen-bond acceptors (Lipinski definition) is 3. The molecule has 84 valence electrons. The van der Waals surface area contributed by atoms with E-state index in [1.807, 2.05) is 24.4 Å². The van der Waals surface area contributed by atoms with Crippen LogP contribution in [0.1, 0.15) is 0 Å². The predicted molar refractivity (Wildman–Crippen MR) is 71.6 cm³/mol. The van der Waals surface area contributed by atoms with Crippen molar-refractivity contribution in [3.8, 4) is 16.9 Å². The Bertz CT molecular complexity index is 646. The highest BCUT2D eigenvalue weighted by Crippen LogP contribution is 2.26. The average Bonchev–Trinajstić information content (AvgIpc) is 2.91. The van der Waals surface area contributed by atoms with E-state index in [1.54, 1.807) is 18.4 Å². The maximum atomic E-state index is 5.23. The zero-order valence-electron chi connectivity index (χ0n) is 9.38. The molecule has 3 aromatic rings. The second kappa shape index (κ2) is 4.18. The Morgan fingerprint density at radius 2 is 2.06 bits per heavy atom. The van der Waals surface area contributed by atoms with Gasteiger partial charge in [0.15, 0.2) is 0 Å². The molecule has 0 amide bonds. The lowest BCUT2D eigenvalue weighted by molar-refractivity contribution is 0.415. The van der Waals surface area contributed by atoms with Gasteiger partial charge in [0.1, 0.15) is 5.75 Å². The van der Waals surface area contributed by atoms with Crippen LogP contribution in [0, 0.1) is 0 Å². The fourth-order valence-corrected chi connectivity index (χ4v) is 2.49. The predicted octanol–water partition coefficient (Wildman–Crippen LogP) is 3.97. The van der Waals surface area contributed by atoms with Crippen LogP contribution in [0.25, 0.3) is 22.0 Å². The zero-order valence-corrected chi connectivity index (χ0v) is 10.2. The summed E-state index contributed by atoms with van der Waals surface area (Å²) in [5.74, 6) is 0.863. The number of rotatable bonds is 2. The molecular formula is C14H11NOS. The van der Waals surface area contributed by atoms with Gasteiger partial charge in [-0.15, -0.1) is 0 Å². The highest BCUT2D eigenvalue weighted by atomic mass is 32.1. The van der Waals surface area contributed by atoms with Crippen molar-refractivity contribution in [1.82, 2.24) is 4.98 Å². The van der Waals surface area contributed by atoms with Crippen LogP contribution in [-0.4, -0.2) is 12.1 Å². The third kappa shape index (κ3) is 1.89. The molecule has 0 aliphatic heterocycles. The number of aromatic nitrogens is 1. The van der Waals surface area contributed by atoms with Gasteiger partial charge in [0.05, 0.1) is 12.6 Å². The van der Waals surface area contributed by atoms with Gasteiger partial charge in [0.2, 0.25) is 0 Å². The molecule has 17 heavy (non-hydrogen) atoms. The molecular weight excluding hydrogens is 230 g/mol. The number of pyridine rings is 1. The number of thiophene rings is 1. The molecule has 2 aromatic heterocycles. The lowest BCUT2D eigenvalue weighted by atomic mass is 10.1. The van der Waals surface area contributed by atoms with Gasteiger partial charge in [-0.05, 0) is 46.7 Å². The first-order valence-corrected chi connectivity index (χ1v) is 6.27. The molecule has 0 unspecified atom stereocenters. The highest BCUT2D eigenvalue weighted by molar-refractivity contribution is 7.08. The molecule has 2 nitrogen and oxygen atoms in total. The van der Waals surface area contributed by atoms with Crippen molar-refractivity contribution in [2.45, 2.75) is 0 Å². The smallest absolute Gasteiger partial charge is 0.119 e. The van der Waals surface area contributed by atoms with Gasteiger partial charge < -0.3 is 4.74 Å². The van der Waals surface area contributed by atoms with Crippen LogP contribution in [0.3, 0.4) is 0 Å². The first kappa shape index (κ1) is 10.3. The first-order valence-electron chi connectivity index (χ1n) is 5.33. The van der Waals surface area contributed by atoms with Crippen LogP contribution < -0.4 is 4.74 Å². The summed E-state index contributed by atoms with van der Waals surface area (Å²) in [6, 6.07) is 10.2. The van der Waals surface area contributed by atoms with Gasteiger partial charge in [0.25, 0.3) is 0 Å². The van der Waals surface area contributed by atoms with Gasteiger partial charge >= 0.3 is 0 Å². The summed E-state index contributed by atoms with van der Waals surface area (Å²) in [6.07, 6.45) is 1.91. The van der Waals surface area contributed by atoms with E-state index >= 15 is 0 Å². The van der Waals surface area contributed by atoms with Gasteiger partial charge in [-0.3, -0.25) is 4.98 Å². The minimum atomic E-state index is 0.863. The third-order valence-electron chi connectivity index (χ3n) is 2.74. The van der Waals surface area contributed by atoms with E-state index in [9.17, 15) is 0 Å². The number of nitrogens with zero attached hydrogens (tertiary/aromatic N) is 1. The van der Waals surface area contributed by atoms with Crippen LogP contribution in [-0.2, 0) is 0 Å². The fourth-order valence-electron chi connectivity index (χ4n) is 1.82. The lowest BCUT2D eigenvalue weighted by Crippen LogP contribution is -1.85. The Balaban J connectivity index is 2.17. The van der Waals surface area contributed by atoms with E-state index in [0.29, 0.717) is 0 Å². The van der Waals surface area contributed by atoms with Crippen molar-refractivity contribution < 1.29 is 4.74 Å². The van der Waals surface area contributed by atoms with Crippen molar-refractivity contribution in [1.29, 1.82) is 0 Å². The summed E-state index contributed by atoms with van der Waals surface area (Å²) in [4.78, 5) is 4.46. The molecule has 2 heterocycles. The van der Waals surface area contributed by atoms with Crippen LogP contribution in [0.2, 0.25) is 0 Å². The van der Waals surface area contributed by atoms with E-state index in [1.165, 1.54) is 5.56 Å². The Hall–Kier alpha value is -1.87. The van der Waals surface area contributed by atoms with Crippen molar-refractivity contribution in [2.24, 2.45) is 0 Å². The maximum absolute atomic E-state index is 5.23. The molecule has 0 fully saturated rings. The van der Waals surface area contributed by atoms with Crippen LogP contribution in [0.15, 0.2) is 47.3 Å². The van der Waals surface area contributed by atoms with Crippen molar-refractivity contribution in [3.63, 3.8) is 0 Å². The van der Waals surface area contributed by atoms with Gasteiger partial charge in [-0.1, -0.05) is 0 Å². The summed E-state index contributed by atoms with van der Waals surface area (Å²) in [7, 11) is 1.68. The summed E-state index contributed by atoms with van der Waals surface area (Å²) in [5.41, 5.74) is 3.35. The fraction of sp³-hybridized carbons (Fsp3) is 0.0714. The Kier molecular flexibility index (Phi) is 2.53. The lowest BCUT2D eigenvalue weighted by Gasteiger charge is -2.04. The summed E-state index contributed by atoms with van der Waals surface area (Å²) < 4.78 is 5.23. The summed E-state index contributed by atoms with van der Waals surface area (Å²) in [5, 5.41) is 5.31. The van der Waals surface area contributed by atoms with Crippen molar-refractivity contribution in [3.05, 3.63) is 47.3 Å². The molecule has 0 spiro atoms. The molecule has 0 bridgehead atoms. The molecule has 0 N–H and O–H groups in total.